The van der Waals surface area contributed by atoms with E-state index in [1.807, 2.05) is 48.0 Å². The molecule has 0 saturated carbocycles. The third-order valence-corrected chi connectivity index (χ3v) is 8.18. The van der Waals surface area contributed by atoms with Gasteiger partial charge in [0, 0.05) is 17.1 Å². The largest absolute Gasteiger partial charge is 2.00 e. The molecule has 5 aromatic carbocycles. The number of aromatic hydroxyl groups is 1. The molecule has 0 unspecified atom stereocenters. The van der Waals surface area contributed by atoms with Gasteiger partial charge in [0.2, 0.25) is 0 Å². The summed E-state index contributed by atoms with van der Waals surface area (Å²) < 4.78 is 2.34. The Hall–Kier alpha value is -4.34. The molecular formula is C38H34N4OPt. The van der Waals surface area contributed by atoms with Gasteiger partial charge in [-0.3, -0.25) is 4.98 Å². The van der Waals surface area contributed by atoms with Crippen molar-refractivity contribution in [1.82, 2.24) is 9.55 Å². The SMILES string of the molecule is CC(C)c1cccc(C(C)C)c1-n1c(-c2[c-]c(N3[CH-]N(c4ccccc4O)c4ccccc43)ccc2)nc2ccccc21.[Pt+2]. The number of phenols is 1. The van der Waals surface area contributed by atoms with Crippen LogP contribution in [-0.2, 0) is 21.1 Å². The summed E-state index contributed by atoms with van der Waals surface area (Å²) in [5, 5.41) is 10.7. The Morgan fingerprint density at radius 2 is 1.25 bits per heavy atom. The summed E-state index contributed by atoms with van der Waals surface area (Å²) in [7, 11) is 0. The van der Waals surface area contributed by atoms with E-state index in [9.17, 15) is 5.11 Å². The molecule has 0 bridgehead atoms. The summed E-state index contributed by atoms with van der Waals surface area (Å²) >= 11 is 0. The summed E-state index contributed by atoms with van der Waals surface area (Å²) in [4.78, 5) is 9.35. The van der Waals surface area contributed by atoms with Crippen molar-refractivity contribution in [3.8, 4) is 22.8 Å². The fourth-order valence-corrected chi connectivity index (χ4v) is 6.09. The molecule has 5 nitrogen and oxygen atoms in total. The smallest absolute Gasteiger partial charge is 0.506 e. The van der Waals surface area contributed by atoms with E-state index in [-0.39, 0.29) is 26.8 Å². The molecule has 1 aromatic heterocycles. The van der Waals surface area contributed by atoms with Gasteiger partial charge in [-0.15, -0.1) is 36.5 Å². The predicted molar refractivity (Wildman–Crippen MR) is 177 cm³/mol. The normalized spacial score (nSPS) is 12.7. The number of anilines is 4. The molecule has 0 radical (unpaired) electrons. The van der Waals surface area contributed by atoms with Gasteiger partial charge in [-0.05, 0) is 59.4 Å². The van der Waals surface area contributed by atoms with E-state index in [1.165, 1.54) is 16.8 Å². The minimum atomic E-state index is 0. The van der Waals surface area contributed by atoms with E-state index in [0.717, 1.165) is 45.2 Å². The molecule has 222 valence electrons. The molecule has 0 fully saturated rings. The zero-order chi connectivity index (χ0) is 29.7. The van der Waals surface area contributed by atoms with Crippen molar-refractivity contribution in [3.63, 3.8) is 0 Å². The van der Waals surface area contributed by atoms with Crippen molar-refractivity contribution < 1.29 is 26.2 Å². The van der Waals surface area contributed by atoms with Crippen LogP contribution >= 0.6 is 0 Å². The van der Waals surface area contributed by atoms with Crippen molar-refractivity contribution in [3.05, 3.63) is 133 Å². The van der Waals surface area contributed by atoms with Gasteiger partial charge < -0.3 is 19.5 Å². The molecule has 6 aromatic rings. The molecular weight excluding hydrogens is 724 g/mol. The molecule has 0 saturated heterocycles. The van der Waals surface area contributed by atoms with Gasteiger partial charge in [-0.2, -0.15) is 0 Å². The van der Waals surface area contributed by atoms with Crippen LogP contribution in [0.2, 0.25) is 0 Å². The molecule has 44 heavy (non-hydrogen) atoms. The van der Waals surface area contributed by atoms with Crippen molar-refractivity contribution >= 4 is 33.8 Å². The van der Waals surface area contributed by atoms with Crippen LogP contribution in [0.4, 0.5) is 22.7 Å². The van der Waals surface area contributed by atoms with Gasteiger partial charge >= 0.3 is 21.1 Å². The number of para-hydroxylation sites is 7. The van der Waals surface area contributed by atoms with Crippen LogP contribution in [0.25, 0.3) is 28.1 Å². The van der Waals surface area contributed by atoms with E-state index in [2.05, 4.69) is 110 Å². The summed E-state index contributed by atoms with van der Waals surface area (Å²) in [5.74, 6) is 1.78. The maximum absolute atomic E-state index is 10.7. The monoisotopic (exact) mass is 757 g/mol. The minimum absolute atomic E-state index is 0. The summed E-state index contributed by atoms with van der Waals surface area (Å²) in [6.45, 7) is 11.0. The van der Waals surface area contributed by atoms with Gasteiger partial charge in [0.05, 0.1) is 22.5 Å². The van der Waals surface area contributed by atoms with Crippen LogP contribution in [-0.4, -0.2) is 14.7 Å². The Kier molecular flexibility index (Phi) is 8.09. The van der Waals surface area contributed by atoms with Crippen molar-refractivity contribution in [2.45, 2.75) is 39.5 Å². The second kappa shape index (κ2) is 12.0. The predicted octanol–water partition coefficient (Wildman–Crippen LogP) is 9.85. The zero-order valence-corrected chi connectivity index (χ0v) is 27.4. The molecule has 1 aliphatic rings. The van der Waals surface area contributed by atoms with Gasteiger partial charge in [0.1, 0.15) is 5.75 Å². The minimum Gasteiger partial charge on any atom is -0.506 e. The van der Waals surface area contributed by atoms with Crippen molar-refractivity contribution in [2.24, 2.45) is 0 Å². The first kappa shape index (κ1) is 29.7. The molecule has 2 heterocycles. The fourth-order valence-electron chi connectivity index (χ4n) is 6.09. The van der Waals surface area contributed by atoms with Crippen LogP contribution in [0, 0.1) is 12.7 Å². The third kappa shape index (κ3) is 4.99. The van der Waals surface area contributed by atoms with Crippen molar-refractivity contribution in [2.75, 3.05) is 9.80 Å². The number of hydrogen-bond donors (Lipinski definition) is 1. The van der Waals surface area contributed by atoms with Crippen LogP contribution in [0.15, 0.2) is 109 Å². The van der Waals surface area contributed by atoms with E-state index < -0.39 is 0 Å². The second-order valence-electron chi connectivity index (χ2n) is 11.6. The summed E-state index contributed by atoms with van der Waals surface area (Å²) in [6.07, 6.45) is 0. The average Bonchev–Trinajstić information content (AvgIpc) is 3.60. The van der Waals surface area contributed by atoms with Crippen LogP contribution in [0.5, 0.6) is 5.75 Å². The number of fused-ring (bicyclic) bond motifs is 2. The van der Waals surface area contributed by atoms with Crippen LogP contribution in [0.1, 0.15) is 50.7 Å². The fraction of sp³-hybridized carbons (Fsp3) is 0.158. The molecule has 0 aliphatic carbocycles. The number of rotatable bonds is 6. The molecule has 1 N–H and O–H groups in total. The Balaban J connectivity index is 0.00000343. The number of imidazole rings is 1. The van der Waals surface area contributed by atoms with Gasteiger partial charge in [-0.1, -0.05) is 88.0 Å². The first-order valence-corrected chi connectivity index (χ1v) is 14.9. The molecule has 0 atom stereocenters. The summed E-state index contributed by atoms with van der Waals surface area (Å²) in [6, 6.07) is 40.6. The average molecular weight is 758 g/mol. The van der Waals surface area contributed by atoms with Gasteiger partial charge in [-0.25, -0.2) is 0 Å². The number of benzene rings is 5. The number of aromatic nitrogens is 2. The summed E-state index contributed by atoms with van der Waals surface area (Å²) in [5.41, 5.74) is 10.4. The Morgan fingerprint density at radius 3 is 1.93 bits per heavy atom. The molecule has 6 heteroatoms. The number of phenolic OH excluding ortho intramolecular Hbond substituents is 1. The number of nitrogens with zero attached hydrogens (tertiary/aromatic N) is 4. The topological polar surface area (TPSA) is 44.5 Å². The Morgan fingerprint density at radius 1 is 0.659 bits per heavy atom. The maximum Gasteiger partial charge on any atom is 2.00 e. The Labute approximate surface area is 273 Å². The first-order chi connectivity index (χ1) is 20.9. The van der Waals surface area contributed by atoms with E-state index in [4.69, 9.17) is 4.98 Å². The van der Waals surface area contributed by atoms with E-state index >= 15 is 0 Å². The maximum atomic E-state index is 10.7. The molecule has 7 rings (SSSR count). The van der Waals surface area contributed by atoms with Gasteiger partial charge in [0.25, 0.3) is 0 Å². The first-order valence-electron chi connectivity index (χ1n) is 14.9. The molecule has 0 spiro atoms. The number of hydrogen-bond acceptors (Lipinski definition) is 4. The third-order valence-electron chi connectivity index (χ3n) is 8.18. The second-order valence-corrected chi connectivity index (χ2v) is 11.6. The quantitative estimate of drug-likeness (QED) is 0.172. The molecule has 1 aliphatic heterocycles. The Bertz CT molecular complexity index is 1930. The van der Waals surface area contributed by atoms with Crippen molar-refractivity contribution in [1.29, 1.82) is 0 Å². The van der Waals surface area contributed by atoms with E-state index in [1.54, 1.807) is 6.07 Å². The van der Waals surface area contributed by atoms with Gasteiger partial charge in [0.15, 0.2) is 0 Å². The van der Waals surface area contributed by atoms with Crippen LogP contribution < -0.4 is 9.80 Å². The van der Waals surface area contributed by atoms with Crippen LogP contribution in [0.3, 0.4) is 0 Å². The van der Waals surface area contributed by atoms with E-state index in [0.29, 0.717) is 11.8 Å². The molecule has 0 amide bonds. The zero-order valence-electron chi connectivity index (χ0n) is 25.2. The standard InChI is InChI=1S/C38H34N4O.Pt/c1-25(2)29-15-12-16-30(26(3)4)37(29)42-32-18-6-5-17-31(32)39-38(42)27-13-11-14-28(23-27)40-24-41(34-20-8-7-19-33(34)40)35-21-9-10-22-36(35)43;/h5-22,24-26,43H,1-4H3;/q-2;+2.